The number of nitrogens with one attached hydrogen (secondary N) is 1. The van der Waals surface area contributed by atoms with Gasteiger partial charge in [-0.1, -0.05) is 12.1 Å². The molecule has 5 heteroatoms. The van der Waals surface area contributed by atoms with Crippen molar-refractivity contribution in [3.05, 3.63) is 53.6 Å². The van der Waals surface area contributed by atoms with Crippen LogP contribution in [-0.2, 0) is 4.79 Å². The van der Waals surface area contributed by atoms with E-state index in [0.29, 0.717) is 28.2 Å². The van der Waals surface area contributed by atoms with Crippen LogP contribution in [0.2, 0.25) is 0 Å². The van der Waals surface area contributed by atoms with Crippen LogP contribution in [0.4, 0.5) is 17.1 Å². The van der Waals surface area contributed by atoms with E-state index in [1.807, 2.05) is 0 Å². The van der Waals surface area contributed by atoms with Crippen LogP contribution >= 0.6 is 0 Å². The first-order valence-corrected chi connectivity index (χ1v) is 6.04. The summed E-state index contributed by atoms with van der Waals surface area (Å²) in [6.45, 7) is 1.39. The standard InChI is InChI=1S/C15H15N3O2/c1-9(19)18-14-6-5-11(8-13(14)17)15(20)10-3-2-4-12(16)7-10/h2-8H,16-17H2,1H3,(H,18,19). The van der Waals surface area contributed by atoms with Crippen LogP contribution in [0.15, 0.2) is 42.5 Å². The van der Waals surface area contributed by atoms with Gasteiger partial charge in [0.05, 0.1) is 11.4 Å². The summed E-state index contributed by atoms with van der Waals surface area (Å²) in [6, 6.07) is 11.5. The highest BCUT2D eigenvalue weighted by Crippen LogP contribution is 2.22. The van der Waals surface area contributed by atoms with Crippen LogP contribution in [0.25, 0.3) is 0 Å². The van der Waals surface area contributed by atoms with Crippen molar-refractivity contribution in [2.45, 2.75) is 6.92 Å². The van der Waals surface area contributed by atoms with E-state index in [1.165, 1.54) is 13.0 Å². The smallest absolute Gasteiger partial charge is 0.221 e. The molecule has 0 aliphatic carbocycles. The number of carbonyl (C=O) groups is 2. The Labute approximate surface area is 116 Å². The number of ketones is 1. The second kappa shape index (κ2) is 5.44. The van der Waals surface area contributed by atoms with E-state index < -0.39 is 0 Å². The molecule has 0 spiro atoms. The van der Waals surface area contributed by atoms with Gasteiger partial charge < -0.3 is 16.8 Å². The topological polar surface area (TPSA) is 98.2 Å². The highest BCUT2D eigenvalue weighted by molar-refractivity contribution is 6.10. The minimum absolute atomic E-state index is 0.168. The third-order valence-corrected chi connectivity index (χ3v) is 2.77. The minimum Gasteiger partial charge on any atom is -0.399 e. The van der Waals surface area contributed by atoms with E-state index in [0.717, 1.165) is 0 Å². The molecule has 0 aromatic heterocycles. The fourth-order valence-corrected chi connectivity index (χ4v) is 1.85. The molecule has 2 aromatic rings. The van der Waals surface area contributed by atoms with Gasteiger partial charge in [0.2, 0.25) is 5.91 Å². The van der Waals surface area contributed by atoms with Crippen molar-refractivity contribution in [1.29, 1.82) is 0 Å². The monoisotopic (exact) mass is 269 g/mol. The maximum absolute atomic E-state index is 12.3. The second-order valence-corrected chi connectivity index (χ2v) is 4.44. The highest BCUT2D eigenvalue weighted by Gasteiger charge is 2.11. The molecule has 0 aliphatic rings. The molecule has 0 saturated carbocycles. The molecule has 102 valence electrons. The largest absolute Gasteiger partial charge is 0.399 e. The van der Waals surface area contributed by atoms with Gasteiger partial charge in [-0.15, -0.1) is 0 Å². The zero-order valence-electron chi connectivity index (χ0n) is 11.0. The Kier molecular flexibility index (Phi) is 3.70. The number of nitrogen functional groups attached to an aromatic ring is 2. The second-order valence-electron chi connectivity index (χ2n) is 4.44. The van der Waals surface area contributed by atoms with Crippen molar-refractivity contribution in [3.8, 4) is 0 Å². The quantitative estimate of drug-likeness (QED) is 0.586. The highest BCUT2D eigenvalue weighted by atomic mass is 16.1. The summed E-state index contributed by atoms with van der Waals surface area (Å²) in [5.74, 6) is -0.384. The molecular formula is C15H15N3O2. The Balaban J connectivity index is 2.32. The summed E-state index contributed by atoms with van der Waals surface area (Å²) in [4.78, 5) is 23.3. The van der Waals surface area contributed by atoms with Crippen molar-refractivity contribution in [1.82, 2.24) is 0 Å². The van der Waals surface area contributed by atoms with E-state index >= 15 is 0 Å². The summed E-state index contributed by atoms with van der Waals surface area (Å²) in [7, 11) is 0. The lowest BCUT2D eigenvalue weighted by Gasteiger charge is -2.08. The molecule has 1 amide bonds. The molecular weight excluding hydrogens is 254 g/mol. The average Bonchev–Trinajstić information content (AvgIpc) is 2.40. The Morgan fingerprint density at radius 2 is 1.70 bits per heavy atom. The first-order valence-electron chi connectivity index (χ1n) is 6.04. The molecule has 20 heavy (non-hydrogen) atoms. The lowest BCUT2D eigenvalue weighted by molar-refractivity contribution is -0.114. The molecule has 5 nitrogen and oxygen atoms in total. The SMILES string of the molecule is CC(=O)Nc1ccc(C(=O)c2cccc(N)c2)cc1N. The van der Waals surface area contributed by atoms with Gasteiger partial charge in [-0.2, -0.15) is 0 Å². The lowest BCUT2D eigenvalue weighted by Crippen LogP contribution is -2.09. The van der Waals surface area contributed by atoms with Crippen molar-refractivity contribution < 1.29 is 9.59 Å². The van der Waals surface area contributed by atoms with E-state index in [2.05, 4.69) is 5.32 Å². The van der Waals surface area contributed by atoms with Crippen LogP contribution in [0.3, 0.4) is 0 Å². The number of carbonyl (C=O) groups excluding carboxylic acids is 2. The first kappa shape index (κ1) is 13.6. The number of anilines is 3. The van der Waals surface area contributed by atoms with Gasteiger partial charge in [-0.3, -0.25) is 9.59 Å². The zero-order valence-corrected chi connectivity index (χ0v) is 11.0. The molecule has 0 bridgehead atoms. The average molecular weight is 269 g/mol. The van der Waals surface area contributed by atoms with Gasteiger partial charge in [0.15, 0.2) is 5.78 Å². The van der Waals surface area contributed by atoms with Gasteiger partial charge in [0.25, 0.3) is 0 Å². The molecule has 0 fully saturated rings. The van der Waals surface area contributed by atoms with Crippen LogP contribution < -0.4 is 16.8 Å². The van der Waals surface area contributed by atoms with E-state index in [-0.39, 0.29) is 11.7 Å². The van der Waals surface area contributed by atoms with E-state index in [1.54, 1.807) is 36.4 Å². The first-order chi connectivity index (χ1) is 9.47. The van der Waals surface area contributed by atoms with Gasteiger partial charge in [-0.25, -0.2) is 0 Å². The molecule has 0 aliphatic heterocycles. The Bertz CT molecular complexity index is 681. The van der Waals surface area contributed by atoms with E-state index in [9.17, 15) is 9.59 Å². The predicted octanol–water partition coefficient (Wildman–Crippen LogP) is 2.04. The molecule has 0 atom stereocenters. The van der Waals surface area contributed by atoms with Crippen LogP contribution in [0, 0.1) is 0 Å². The maximum atomic E-state index is 12.3. The molecule has 0 unspecified atom stereocenters. The fourth-order valence-electron chi connectivity index (χ4n) is 1.85. The number of hydrogen-bond donors (Lipinski definition) is 3. The maximum Gasteiger partial charge on any atom is 0.221 e. The third-order valence-electron chi connectivity index (χ3n) is 2.77. The van der Waals surface area contributed by atoms with Gasteiger partial charge in [0, 0.05) is 23.7 Å². The van der Waals surface area contributed by atoms with Crippen molar-refractivity contribution >= 4 is 28.8 Å². The van der Waals surface area contributed by atoms with Gasteiger partial charge in [-0.05, 0) is 30.3 Å². The molecule has 2 rings (SSSR count). The summed E-state index contributed by atoms with van der Waals surface area (Å²) < 4.78 is 0. The summed E-state index contributed by atoms with van der Waals surface area (Å²) in [6.07, 6.45) is 0. The Morgan fingerprint density at radius 3 is 2.30 bits per heavy atom. The van der Waals surface area contributed by atoms with Gasteiger partial charge in [0.1, 0.15) is 0 Å². The van der Waals surface area contributed by atoms with Gasteiger partial charge >= 0.3 is 0 Å². The number of hydrogen-bond acceptors (Lipinski definition) is 4. The summed E-state index contributed by atoms with van der Waals surface area (Å²) in [5.41, 5.74) is 13.8. The van der Waals surface area contributed by atoms with Crippen LogP contribution in [0.1, 0.15) is 22.8 Å². The Morgan fingerprint density at radius 1 is 1.00 bits per heavy atom. The summed E-state index contributed by atoms with van der Waals surface area (Å²) in [5, 5.41) is 2.59. The fraction of sp³-hybridized carbons (Fsp3) is 0.0667. The normalized spacial score (nSPS) is 10.1. The van der Waals surface area contributed by atoms with Crippen molar-refractivity contribution in [2.24, 2.45) is 0 Å². The molecule has 5 N–H and O–H groups in total. The number of rotatable bonds is 3. The number of amides is 1. The Hall–Kier alpha value is -2.82. The number of nitrogens with two attached hydrogens (primary N) is 2. The molecule has 0 saturated heterocycles. The van der Waals surface area contributed by atoms with E-state index in [4.69, 9.17) is 11.5 Å². The third kappa shape index (κ3) is 2.95. The molecule has 0 radical (unpaired) electrons. The number of benzene rings is 2. The molecule has 0 heterocycles. The molecule has 2 aromatic carbocycles. The van der Waals surface area contributed by atoms with Crippen LogP contribution in [0.5, 0.6) is 0 Å². The van der Waals surface area contributed by atoms with Crippen LogP contribution in [-0.4, -0.2) is 11.7 Å². The lowest BCUT2D eigenvalue weighted by atomic mass is 10.0. The summed E-state index contributed by atoms with van der Waals surface area (Å²) >= 11 is 0. The predicted molar refractivity (Wildman–Crippen MR) is 79.4 cm³/mol. The van der Waals surface area contributed by atoms with Crippen molar-refractivity contribution in [2.75, 3.05) is 16.8 Å². The minimum atomic E-state index is -0.216. The zero-order chi connectivity index (χ0) is 14.7. The van der Waals surface area contributed by atoms with Crippen molar-refractivity contribution in [3.63, 3.8) is 0 Å².